The maximum Gasteiger partial charge on any atom is 0.265 e. The summed E-state index contributed by atoms with van der Waals surface area (Å²) in [7, 11) is 0. The molecule has 0 spiro atoms. The predicted octanol–water partition coefficient (Wildman–Crippen LogP) is 2.87. The zero-order chi connectivity index (χ0) is 14.7. The molecule has 0 radical (unpaired) electrons. The molecule has 1 aromatic heterocycles. The summed E-state index contributed by atoms with van der Waals surface area (Å²) in [6.07, 6.45) is 0.585. The van der Waals surface area contributed by atoms with Crippen molar-refractivity contribution in [3.8, 4) is 0 Å². The van der Waals surface area contributed by atoms with E-state index in [0.29, 0.717) is 17.0 Å². The van der Waals surface area contributed by atoms with Crippen molar-refractivity contribution in [3.63, 3.8) is 0 Å². The number of rotatable bonds is 4. The number of nitrogens with one attached hydrogen (secondary N) is 1. The molecule has 1 heterocycles. The van der Waals surface area contributed by atoms with E-state index in [2.05, 4.69) is 14.9 Å². The van der Waals surface area contributed by atoms with Gasteiger partial charge in [0.25, 0.3) is 5.91 Å². The number of hydrogen-bond donors (Lipinski definition) is 1. The minimum atomic E-state index is -0.648. The highest BCUT2D eigenvalue weighted by molar-refractivity contribution is 7.08. The van der Waals surface area contributed by atoms with Crippen LogP contribution >= 0.6 is 11.5 Å². The number of halogens is 2. The van der Waals surface area contributed by atoms with E-state index in [0.717, 1.165) is 29.7 Å². The van der Waals surface area contributed by atoms with Crippen molar-refractivity contribution in [2.75, 3.05) is 0 Å². The van der Waals surface area contributed by atoms with Gasteiger partial charge in [0.05, 0.1) is 11.7 Å². The molecule has 2 rings (SSSR count). The van der Waals surface area contributed by atoms with Crippen molar-refractivity contribution < 1.29 is 13.6 Å². The lowest BCUT2D eigenvalue weighted by molar-refractivity contribution is 0.0942. The molecule has 0 saturated carbocycles. The Morgan fingerprint density at radius 3 is 2.90 bits per heavy atom. The Bertz CT molecular complexity index is 630. The maximum atomic E-state index is 13.6. The van der Waals surface area contributed by atoms with Crippen molar-refractivity contribution in [1.29, 1.82) is 0 Å². The fourth-order valence-corrected chi connectivity index (χ4v) is 2.45. The molecule has 0 aliphatic carbocycles. The molecule has 0 saturated heterocycles. The van der Waals surface area contributed by atoms with Gasteiger partial charge in [-0.25, -0.2) is 8.78 Å². The molecule has 0 fully saturated rings. The summed E-state index contributed by atoms with van der Waals surface area (Å²) in [4.78, 5) is 12.5. The third-order valence-electron chi connectivity index (χ3n) is 2.87. The van der Waals surface area contributed by atoms with Crippen LogP contribution in [0, 0.1) is 11.6 Å². The van der Waals surface area contributed by atoms with E-state index in [1.807, 2.05) is 6.92 Å². The van der Waals surface area contributed by atoms with Gasteiger partial charge in [0.15, 0.2) is 0 Å². The number of carbonyl (C=O) groups excluding carboxylic acids is 1. The fourth-order valence-electron chi connectivity index (χ4n) is 1.80. The molecule has 1 amide bonds. The third-order valence-corrected chi connectivity index (χ3v) is 3.64. The molecule has 1 atom stereocenters. The molecular weight excluding hydrogens is 284 g/mol. The summed E-state index contributed by atoms with van der Waals surface area (Å²) in [5.74, 6) is -1.48. The first-order chi connectivity index (χ1) is 9.52. The minimum Gasteiger partial charge on any atom is -0.345 e. The average Bonchev–Trinajstić information content (AvgIpc) is 2.89. The molecular formula is C13H13F2N3OS. The van der Waals surface area contributed by atoms with Gasteiger partial charge in [-0.1, -0.05) is 11.4 Å². The van der Waals surface area contributed by atoms with Crippen LogP contribution in [0.25, 0.3) is 0 Å². The Balaban J connectivity index is 2.17. The van der Waals surface area contributed by atoms with E-state index in [4.69, 9.17) is 0 Å². The molecule has 0 aliphatic heterocycles. The van der Waals surface area contributed by atoms with Crippen molar-refractivity contribution in [3.05, 3.63) is 46.0 Å². The second-order valence-corrected chi connectivity index (χ2v) is 5.02. The fraction of sp³-hybridized carbons (Fsp3) is 0.308. The number of hydrogen-bond acceptors (Lipinski definition) is 4. The highest BCUT2D eigenvalue weighted by Gasteiger charge is 2.19. The standard InChI is InChI=1S/C13H13F2N3OS/c1-3-11-12(20-18-17-11)13(19)16-7(2)9-6-8(14)4-5-10(9)15/h4-7H,3H2,1-2H3,(H,16,19). The zero-order valence-electron chi connectivity index (χ0n) is 11.0. The summed E-state index contributed by atoms with van der Waals surface area (Å²) >= 11 is 0.986. The molecule has 1 unspecified atom stereocenters. The van der Waals surface area contributed by atoms with Gasteiger partial charge < -0.3 is 5.32 Å². The summed E-state index contributed by atoms with van der Waals surface area (Å²) in [6, 6.07) is 2.51. The summed E-state index contributed by atoms with van der Waals surface area (Å²) in [6.45, 7) is 3.46. The summed E-state index contributed by atoms with van der Waals surface area (Å²) < 4.78 is 30.5. The van der Waals surface area contributed by atoms with Gasteiger partial charge in [-0.05, 0) is 43.1 Å². The largest absolute Gasteiger partial charge is 0.345 e. The molecule has 4 nitrogen and oxygen atoms in total. The van der Waals surface area contributed by atoms with Crippen molar-refractivity contribution in [2.24, 2.45) is 0 Å². The quantitative estimate of drug-likeness (QED) is 0.944. The zero-order valence-corrected chi connectivity index (χ0v) is 11.8. The molecule has 1 aromatic carbocycles. The van der Waals surface area contributed by atoms with Gasteiger partial charge in [-0.15, -0.1) is 5.10 Å². The number of benzene rings is 1. The number of carbonyl (C=O) groups is 1. The van der Waals surface area contributed by atoms with Crippen molar-refractivity contribution >= 4 is 17.4 Å². The van der Waals surface area contributed by atoms with Crippen LogP contribution in [0.2, 0.25) is 0 Å². The monoisotopic (exact) mass is 297 g/mol. The van der Waals surface area contributed by atoms with E-state index >= 15 is 0 Å². The third kappa shape index (κ3) is 2.98. The SMILES string of the molecule is CCc1nnsc1C(=O)NC(C)c1cc(F)ccc1F. The highest BCUT2D eigenvalue weighted by Crippen LogP contribution is 2.19. The Labute approximate surface area is 119 Å². The number of amides is 1. The lowest BCUT2D eigenvalue weighted by Crippen LogP contribution is -2.27. The van der Waals surface area contributed by atoms with Gasteiger partial charge in [0, 0.05) is 5.56 Å². The van der Waals surface area contributed by atoms with Gasteiger partial charge in [0.2, 0.25) is 0 Å². The van der Waals surface area contributed by atoms with E-state index in [-0.39, 0.29) is 11.5 Å². The summed E-state index contributed by atoms with van der Waals surface area (Å²) in [5.41, 5.74) is 0.702. The Morgan fingerprint density at radius 1 is 1.45 bits per heavy atom. The number of nitrogens with zero attached hydrogens (tertiary/aromatic N) is 2. The number of aryl methyl sites for hydroxylation is 1. The van der Waals surface area contributed by atoms with Crippen LogP contribution in [0.15, 0.2) is 18.2 Å². The number of aromatic nitrogens is 2. The topological polar surface area (TPSA) is 54.9 Å². The average molecular weight is 297 g/mol. The van der Waals surface area contributed by atoms with Crippen LogP contribution in [0.5, 0.6) is 0 Å². The van der Waals surface area contributed by atoms with Gasteiger partial charge >= 0.3 is 0 Å². The van der Waals surface area contributed by atoms with Crippen LogP contribution in [-0.4, -0.2) is 15.5 Å². The van der Waals surface area contributed by atoms with Crippen LogP contribution < -0.4 is 5.32 Å². The van der Waals surface area contributed by atoms with Crippen LogP contribution in [0.1, 0.15) is 40.8 Å². The Morgan fingerprint density at radius 2 is 2.20 bits per heavy atom. The molecule has 106 valence electrons. The van der Waals surface area contributed by atoms with Crippen LogP contribution in [-0.2, 0) is 6.42 Å². The predicted molar refractivity (Wildman–Crippen MR) is 71.5 cm³/mol. The second-order valence-electron chi connectivity index (χ2n) is 4.26. The van der Waals surface area contributed by atoms with Gasteiger partial charge in [-0.3, -0.25) is 4.79 Å². The Hall–Kier alpha value is -1.89. The first-order valence-corrected chi connectivity index (χ1v) is 6.87. The molecule has 1 N–H and O–H groups in total. The van der Waals surface area contributed by atoms with Gasteiger partial charge in [-0.2, -0.15) is 0 Å². The molecule has 7 heteroatoms. The molecule has 20 heavy (non-hydrogen) atoms. The first-order valence-electron chi connectivity index (χ1n) is 6.10. The van der Waals surface area contributed by atoms with Crippen LogP contribution in [0.3, 0.4) is 0 Å². The maximum absolute atomic E-state index is 13.6. The van der Waals surface area contributed by atoms with E-state index in [9.17, 15) is 13.6 Å². The lowest BCUT2D eigenvalue weighted by Gasteiger charge is -2.14. The molecule has 2 aromatic rings. The molecule has 0 aliphatic rings. The Kier molecular flexibility index (Phi) is 4.39. The van der Waals surface area contributed by atoms with Gasteiger partial charge in [0.1, 0.15) is 16.5 Å². The smallest absolute Gasteiger partial charge is 0.265 e. The normalized spacial score (nSPS) is 12.2. The summed E-state index contributed by atoms with van der Waals surface area (Å²) in [5, 5.41) is 6.47. The molecule has 0 bridgehead atoms. The van der Waals surface area contributed by atoms with Crippen molar-refractivity contribution in [1.82, 2.24) is 14.9 Å². The van der Waals surface area contributed by atoms with E-state index in [1.54, 1.807) is 6.92 Å². The minimum absolute atomic E-state index is 0.105. The lowest BCUT2D eigenvalue weighted by atomic mass is 10.1. The van der Waals surface area contributed by atoms with E-state index < -0.39 is 17.7 Å². The first kappa shape index (κ1) is 14.5. The van der Waals surface area contributed by atoms with Crippen molar-refractivity contribution in [2.45, 2.75) is 26.3 Å². The highest BCUT2D eigenvalue weighted by atomic mass is 32.1. The van der Waals surface area contributed by atoms with Crippen LogP contribution in [0.4, 0.5) is 8.78 Å². The van der Waals surface area contributed by atoms with E-state index in [1.165, 1.54) is 0 Å². The second kappa shape index (κ2) is 6.04.